The van der Waals surface area contributed by atoms with E-state index in [1.54, 1.807) is 24.3 Å². The number of rotatable bonds is 2. The van der Waals surface area contributed by atoms with E-state index in [2.05, 4.69) is 6.07 Å². The molecular formula is C12H6F3OS. The minimum atomic E-state index is -4.81. The van der Waals surface area contributed by atoms with E-state index in [0.717, 1.165) is 16.9 Å². The third kappa shape index (κ3) is 2.55. The van der Waals surface area contributed by atoms with Crippen molar-refractivity contribution in [1.82, 2.24) is 0 Å². The Morgan fingerprint density at radius 2 is 2.00 bits per heavy atom. The van der Waals surface area contributed by atoms with Crippen molar-refractivity contribution in [3.63, 3.8) is 0 Å². The summed E-state index contributed by atoms with van der Waals surface area (Å²) < 4.78 is 36.6. The molecule has 0 aliphatic carbocycles. The number of alkyl halides is 3. The van der Waals surface area contributed by atoms with Gasteiger partial charge in [0.25, 0.3) is 5.78 Å². The Morgan fingerprint density at radius 1 is 1.24 bits per heavy atom. The molecule has 0 spiro atoms. The van der Waals surface area contributed by atoms with Crippen LogP contribution in [-0.2, 0) is 0 Å². The second-order valence-corrected chi connectivity index (χ2v) is 4.37. The minimum Gasteiger partial charge on any atom is -0.283 e. The van der Waals surface area contributed by atoms with Crippen molar-refractivity contribution >= 4 is 17.1 Å². The first-order chi connectivity index (χ1) is 7.98. The molecule has 0 fully saturated rings. The van der Waals surface area contributed by atoms with Crippen molar-refractivity contribution in [2.24, 2.45) is 0 Å². The van der Waals surface area contributed by atoms with Crippen LogP contribution in [0.3, 0.4) is 0 Å². The van der Waals surface area contributed by atoms with Gasteiger partial charge in [-0.3, -0.25) is 4.79 Å². The molecule has 1 aromatic heterocycles. The lowest BCUT2D eigenvalue weighted by Crippen LogP contribution is -2.21. The van der Waals surface area contributed by atoms with Crippen molar-refractivity contribution in [3.05, 3.63) is 47.3 Å². The third-order valence-electron chi connectivity index (χ3n) is 2.08. The molecule has 0 saturated heterocycles. The molecule has 0 aliphatic heterocycles. The van der Waals surface area contributed by atoms with Gasteiger partial charge in [-0.25, -0.2) is 0 Å². The third-order valence-corrected chi connectivity index (χ3v) is 3.21. The molecule has 0 amide bonds. The number of halogens is 3. The molecule has 17 heavy (non-hydrogen) atoms. The molecule has 0 bridgehead atoms. The highest BCUT2D eigenvalue weighted by molar-refractivity contribution is 7.17. The average molecular weight is 255 g/mol. The fraction of sp³-hybridized carbons (Fsp3) is 0.0833. The van der Waals surface area contributed by atoms with Crippen LogP contribution in [0, 0.1) is 6.07 Å². The summed E-state index contributed by atoms with van der Waals surface area (Å²) in [5.41, 5.74) is 0.749. The number of carbonyl (C=O) groups excluding carboxylic acids is 1. The number of hydrogen-bond donors (Lipinski definition) is 0. The van der Waals surface area contributed by atoms with Crippen LogP contribution in [0.15, 0.2) is 36.4 Å². The van der Waals surface area contributed by atoms with Gasteiger partial charge in [0.2, 0.25) is 0 Å². The van der Waals surface area contributed by atoms with Crippen molar-refractivity contribution in [3.8, 4) is 10.4 Å². The highest BCUT2D eigenvalue weighted by Gasteiger charge is 2.40. The Morgan fingerprint density at radius 3 is 2.59 bits per heavy atom. The summed E-state index contributed by atoms with van der Waals surface area (Å²) in [5, 5.41) is 0. The van der Waals surface area contributed by atoms with Gasteiger partial charge in [-0.2, -0.15) is 13.2 Å². The van der Waals surface area contributed by atoms with Gasteiger partial charge in [-0.05, 0) is 29.8 Å². The Kier molecular flexibility index (Phi) is 3.02. The Balaban J connectivity index is 2.32. The summed E-state index contributed by atoms with van der Waals surface area (Å²) in [4.78, 5) is 11.3. The SMILES string of the molecule is O=C(c1ccc(-c2c[c]ccc2)s1)C(F)(F)F. The minimum absolute atomic E-state index is 0.295. The normalized spacial score (nSPS) is 11.5. The first-order valence-electron chi connectivity index (χ1n) is 4.66. The molecule has 0 unspecified atom stereocenters. The molecule has 0 N–H and O–H groups in total. The Bertz CT molecular complexity index is 528. The first-order valence-corrected chi connectivity index (χ1v) is 5.48. The lowest BCUT2D eigenvalue weighted by molar-refractivity contribution is -0.0882. The Hall–Kier alpha value is -1.62. The quantitative estimate of drug-likeness (QED) is 0.742. The maximum Gasteiger partial charge on any atom is 0.455 e. The smallest absolute Gasteiger partial charge is 0.283 e. The summed E-state index contributed by atoms with van der Waals surface area (Å²) in [6.45, 7) is 0. The zero-order valence-corrected chi connectivity index (χ0v) is 9.23. The number of carbonyl (C=O) groups is 1. The molecule has 1 heterocycles. The maximum absolute atomic E-state index is 12.2. The molecule has 87 valence electrons. The van der Waals surface area contributed by atoms with Gasteiger partial charge >= 0.3 is 6.18 Å². The van der Waals surface area contributed by atoms with Gasteiger partial charge in [0.05, 0.1) is 4.88 Å². The van der Waals surface area contributed by atoms with Gasteiger partial charge in [-0.15, -0.1) is 11.3 Å². The van der Waals surface area contributed by atoms with Crippen LogP contribution in [-0.4, -0.2) is 12.0 Å². The van der Waals surface area contributed by atoms with E-state index in [4.69, 9.17) is 0 Å². The van der Waals surface area contributed by atoms with Crippen LogP contribution in [0.2, 0.25) is 0 Å². The van der Waals surface area contributed by atoms with E-state index in [1.807, 2.05) is 0 Å². The van der Waals surface area contributed by atoms with Gasteiger partial charge < -0.3 is 0 Å². The average Bonchev–Trinajstić information content (AvgIpc) is 2.77. The lowest BCUT2D eigenvalue weighted by Gasteiger charge is -2.01. The predicted octanol–water partition coefficient (Wildman–Crippen LogP) is 3.96. The number of ketones is 1. The van der Waals surface area contributed by atoms with Crippen LogP contribution in [0.1, 0.15) is 9.67 Å². The summed E-state index contributed by atoms with van der Waals surface area (Å²) in [6, 6.07) is 12.4. The fourth-order valence-electron chi connectivity index (χ4n) is 1.30. The molecule has 2 aromatic rings. The van der Waals surface area contributed by atoms with E-state index < -0.39 is 12.0 Å². The van der Waals surface area contributed by atoms with Crippen LogP contribution < -0.4 is 0 Å². The molecule has 1 nitrogen and oxygen atoms in total. The zero-order valence-electron chi connectivity index (χ0n) is 8.41. The van der Waals surface area contributed by atoms with E-state index in [1.165, 1.54) is 12.1 Å². The van der Waals surface area contributed by atoms with Gasteiger partial charge in [0.15, 0.2) is 0 Å². The summed E-state index contributed by atoms with van der Waals surface area (Å²) in [7, 11) is 0. The van der Waals surface area contributed by atoms with Crippen molar-refractivity contribution in [2.75, 3.05) is 0 Å². The number of hydrogen-bond acceptors (Lipinski definition) is 2. The molecule has 0 aliphatic rings. The standard InChI is InChI=1S/C12H6F3OS/c13-12(14,15)11(16)10-7-6-9(17-10)8-4-2-1-3-5-8/h1-2,4-7H. The second-order valence-electron chi connectivity index (χ2n) is 3.28. The van der Waals surface area contributed by atoms with Crippen molar-refractivity contribution in [1.29, 1.82) is 0 Å². The van der Waals surface area contributed by atoms with E-state index in [0.29, 0.717) is 4.88 Å². The van der Waals surface area contributed by atoms with Crippen molar-refractivity contribution < 1.29 is 18.0 Å². The molecule has 5 heteroatoms. The number of Topliss-reactive ketones (excluding diaryl/α,β-unsaturated/α-hetero) is 1. The predicted molar refractivity (Wildman–Crippen MR) is 59.0 cm³/mol. The topological polar surface area (TPSA) is 17.1 Å². The largest absolute Gasteiger partial charge is 0.455 e. The molecule has 0 atom stereocenters. The van der Waals surface area contributed by atoms with E-state index >= 15 is 0 Å². The summed E-state index contributed by atoms with van der Waals surface area (Å²) >= 11 is 0.831. The lowest BCUT2D eigenvalue weighted by atomic mass is 10.2. The molecule has 1 aromatic carbocycles. The van der Waals surface area contributed by atoms with Gasteiger partial charge in [0.1, 0.15) is 0 Å². The first kappa shape index (κ1) is 11.9. The summed E-state index contributed by atoms with van der Waals surface area (Å²) in [6.07, 6.45) is -4.81. The van der Waals surface area contributed by atoms with Crippen LogP contribution in [0.5, 0.6) is 0 Å². The Labute approximate surface area is 99.5 Å². The van der Waals surface area contributed by atoms with Gasteiger partial charge in [0, 0.05) is 4.88 Å². The number of thiophene rings is 1. The number of benzene rings is 1. The fourth-order valence-corrected chi connectivity index (χ4v) is 2.26. The van der Waals surface area contributed by atoms with E-state index in [-0.39, 0.29) is 4.88 Å². The second kappa shape index (κ2) is 4.33. The maximum atomic E-state index is 12.2. The van der Waals surface area contributed by atoms with Crippen LogP contribution >= 0.6 is 11.3 Å². The monoisotopic (exact) mass is 255 g/mol. The van der Waals surface area contributed by atoms with Crippen LogP contribution in [0.4, 0.5) is 13.2 Å². The molecule has 1 radical (unpaired) electrons. The van der Waals surface area contributed by atoms with E-state index in [9.17, 15) is 18.0 Å². The molecular weight excluding hydrogens is 249 g/mol. The summed E-state index contributed by atoms with van der Waals surface area (Å²) in [5.74, 6) is -1.80. The zero-order chi connectivity index (χ0) is 12.5. The molecule has 2 rings (SSSR count). The highest BCUT2D eigenvalue weighted by Crippen LogP contribution is 2.31. The van der Waals surface area contributed by atoms with Crippen molar-refractivity contribution in [2.45, 2.75) is 6.18 Å². The van der Waals surface area contributed by atoms with Crippen LogP contribution in [0.25, 0.3) is 10.4 Å². The van der Waals surface area contributed by atoms with Gasteiger partial charge in [-0.1, -0.05) is 18.2 Å². The highest BCUT2D eigenvalue weighted by atomic mass is 32.1. The molecule has 0 saturated carbocycles.